The molecule has 22 heavy (non-hydrogen) atoms. The van der Waals surface area contributed by atoms with Gasteiger partial charge in [0, 0.05) is 27.9 Å². The number of amides is 1. The molecule has 0 radical (unpaired) electrons. The summed E-state index contributed by atoms with van der Waals surface area (Å²) in [5.74, 6) is -0.229. The SMILES string of the molecule is C=Cc1ccc(Cl)cc1C(=O)Nc1ccc2cccnc2c1. The minimum atomic E-state index is -0.229. The monoisotopic (exact) mass is 308 g/mol. The van der Waals surface area contributed by atoms with Crippen LogP contribution in [-0.4, -0.2) is 10.9 Å². The van der Waals surface area contributed by atoms with Gasteiger partial charge in [-0.25, -0.2) is 0 Å². The molecule has 0 aliphatic rings. The second-order valence-electron chi connectivity index (χ2n) is 4.80. The molecular formula is C18H13ClN2O. The quantitative estimate of drug-likeness (QED) is 0.756. The average Bonchev–Trinajstić information content (AvgIpc) is 2.54. The van der Waals surface area contributed by atoms with Gasteiger partial charge in [0.05, 0.1) is 5.52 Å². The van der Waals surface area contributed by atoms with E-state index in [9.17, 15) is 4.79 Å². The van der Waals surface area contributed by atoms with Crippen molar-refractivity contribution in [3.63, 3.8) is 0 Å². The Morgan fingerprint density at radius 2 is 2.05 bits per heavy atom. The lowest BCUT2D eigenvalue weighted by Crippen LogP contribution is -2.13. The van der Waals surface area contributed by atoms with Crippen LogP contribution < -0.4 is 5.32 Å². The molecule has 0 saturated heterocycles. The summed E-state index contributed by atoms with van der Waals surface area (Å²) in [5.41, 5.74) is 2.74. The van der Waals surface area contributed by atoms with Gasteiger partial charge in [-0.2, -0.15) is 0 Å². The van der Waals surface area contributed by atoms with Crippen LogP contribution in [0.15, 0.2) is 61.3 Å². The molecule has 4 heteroatoms. The molecule has 0 saturated carbocycles. The number of carbonyl (C=O) groups is 1. The van der Waals surface area contributed by atoms with Crippen molar-refractivity contribution in [2.75, 3.05) is 5.32 Å². The molecule has 0 spiro atoms. The summed E-state index contributed by atoms with van der Waals surface area (Å²) in [6, 6.07) is 14.6. The van der Waals surface area contributed by atoms with Crippen molar-refractivity contribution >= 4 is 40.2 Å². The third kappa shape index (κ3) is 2.85. The molecular weight excluding hydrogens is 296 g/mol. The standard InChI is InChI=1S/C18H13ClN2O/c1-2-12-5-7-14(19)10-16(12)18(22)21-15-8-6-13-4-3-9-20-17(13)11-15/h2-11H,1H2,(H,21,22). The summed E-state index contributed by atoms with van der Waals surface area (Å²) < 4.78 is 0. The second kappa shape index (κ2) is 6.00. The number of nitrogens with zero attached hydrogens (tertiary/aromatic N) is 1. The third-order valence-electron chi connectivity index (χ3n) is 3.34. The largest absolute Gasteiger partial charge is 0.322 e. The van der Waals surface area contributed by atoms with Crippen LogP contribution in [0.4, 0.5) is 5.69 Å². The second-order valence-corrected chi connectivity index (χ2v) is 5.24. The first-order valence-electron chi connectivity index (χ1n) is 6.75. The van der Waals surface area contributed by atoms with Gasteiger partial charge in [-0.15, -0.1) is 0 Å². The molecule has 0 aliphatic heterocycles. The molecule has 1 amide bonds. The first-order chi connectivity index (χ1) is 10.7. The Hall–Kier alpha value is -2.65. The van der Waals surface area contributed by atoms with E-state index in [-0.39, 0.29) is 5.91 Å². The van der Waals surface area contributed by atoms with Gasteiger partial charge in [0.2, 0.25) is 0 Å². The molecule has 0 aliphatic carbocycles. The lowest BCUT2D eigenvalue weighted by atomic mass is 10.1. The summed E-state index contributed by atoms with van der Waals surface area (Å²) in [4.78, 5) is 16.7. The zero-order chi connectivity index (χ0) is 15.5. The summed E-state index contributed by atoms with van der Waals surface area (Å²) in [6.07, 6.45) is 3.36. The van der Waals surface area contributed by atoms with Crippen molar-refractivity contribution in [3.8, 4) is 0 Å². The maximum Gasteiger partial charge on any atom is 0.256 e. The van der Waals surface area contributed by atoms with Gasteiger partial charge < -0.3 is 5.32 Å². The van der Waals surface area contributed by atoms with E-state index < -0.39 is 0 Å². The lowest BCUT2D eigenvalue weighted by Gasteiger charge is -2.09. The van der Waals surface area contributed by atoms with E-state index in [0.717, 1.165) is 16.5 Å². The topological polar surface area (TPSA) is 42.0 Å². The van der Waals surface area contributed by atoms with Crippen LogP contribution in [-0.2, 0) is 0 Å². The molecule has 3 nitrogen and oxygen atoms in total. The third-order valence-corrected chi connectivity index (χ3v) is 3.58. The van der Waals surface area contributed by atoms with Crippen molar-refractivity contribution in [1.29, 1.82) is 0 Å². The van der Waals surface area contributed by atoms with Crippen LogP contribution in [0.1, 0.15) is 15.9 Å². The summed E-state index contributed by atoms with van der Waals surface area (Å²) in [5, 5.41) is 4.40. The number of fused-ring (bicyclic) bond motifs is 1. The summed E-state index contributed by atoms with van der Waals surface area (Å²) >= 11 is 5.97. The Balaban J connectivity index is 1.92. The van der Waals surface area contributed by atoms with Gasteiger partial charge in [-0.3, -0.25) is 9.78 Å². The van der Waals surface area contributed by atoms with E-state index in [1.165, 1.54) is 0 Å². The van der Waals surface area contributed by atoms with Crippen LogP contribution in [0.25, 0.3) is 17.0 Å². The predicted molar refractivity (Wildman–Crippen MR) is 91.2 cm³/mol. The molecule has 0 bridgehead atoms. The van der Waals surface area contributed by atoms with Crippen molar-refractivity contribution in [3.05, 3.63) is 77.5 Å². The predicted octanol–water partition coefficient (Wildman–Crippen LogP) is 4.78. The number of rotatable bonds is 3. The van der Waals surface area contributed by atoms with Crippen molar-refractivity contribution < 1.29 is 4.79 Å². The minimum absolute atomic E-state index is 0.229. The zero-order valence-corrected chi connectivity index (χ0v) is 12.5. The number of aromatic nitrogens is 1. The van der Waals surface area contributed by atoms with Crippen LogP contribution >= 0.6 is 11.6 Å². The van der Waals surface area contributed by atoms with Gasteiger partial charge in [0.1, 0.15) is 0 Å². The molecule has 2 aromatic carbocycles. The highest BCUT2D eigenvalue weighted by molar-refractivity contribution is 6.31. The van der Waals surface area contributed by atoms with E-state index in [1.54, 1.807) is 30.5 Å². The highest BCUT2D eigenvalue weighted by atomic mass is 35.5. The molecule has 3 rings (SSSR count). The molecule has 0 fully saturated rings. The average molecular weight is 309 g/mol. The Morgan fingerprint density at radius 1 is 1.18 bits per heavy atom. The minimum Gasteiger partial charge on any atom is -0.322 e. The molecule has 1 aromatic heterocycles. The molecule has 0 unspecified atom stereocenters. The number of hydrogen-bond acceptors (Lipinski definition) is 2. The van der Waals surface area contributed by atoms with Crippen molar-refractivity contribution in [2.24, 2.45) is 0 Å². The van der Waals surface area contributed by atoms with E-state index in [0.29, 0.717) is 16.3 Å². The van der Waals surface area contributed by atoms with Gasteiger partial charge in [-0.05, 0) is 35.9 Å². The van der Waals surface area contributed by atoms with Crippen LogP contribution in [0.5, 0.6) is 0 Å². The Labute approximate surface area is 133 Å². The number of carbonyl (C=O) groups excluding carboxylic acids is 1. The van der Waals surface area contributed by atoms with Gasteiger partial charge >= 0.3 is 0 Å². The van der Waals surface area contributed by atoms with E-state index in [1.807, 2.05) is 30.3 Å². The molecule has 1 N–H and O–H groups in total. The molecule has 0 atom stereocenters. The zero-order valence-electron chi connectivity index (χ0n) is 11.7. The van der Waals surface area contributed by atoms with Crippen LogP contribution in [0, 0.1) is 0 Å². The molecule has 3 aromatic rings. The number of anilines is 1. The van der Waals surface area contributed by atoms with Crippen LogP contribution in [0.3, 0.4) is 0 Å². The fraction of sp³-hybridized carbons (Fsp3) is 0. The number of nitrogens with one attached hydrogen (secondary N) is 1. The maximum absolute atomic E-state index is 12.4. The Morgan fingerprint density at radius 3 is 2.86 bits per heavy atom. The number of pyridine rings is 1. The first kappa shape index (κ1) is 14.3. The van der Waals surface area contributed by atoms with Gasteiger partial charge in [0.25, 0.3) is 5.91 Å². The van der Waals surface area contributed by atoms with E-state index >= 15 is 0 Å². The van der Waals surface area contributed by atoms with Crippen molar-refractivity contribution in [1.82, 2.24) is 4.98 Å². The Kier molecular flexibility index (Phi) is 3.90. The fourth-order valence-corrected chi connectivity index (χ4v) is 2.42. The van der Waals surface area contributed by atoms with Gasteiger partial charge in [0.15, 0.2) is 0 Å². The number of hydrogen-bond donors (Lipinski definition) is 1. The summed E-state index contributed by atoms with van der Waals surface area (Å²) in [6.45, 7) is 3.72. The Bertz CT molecular complexity index is 874. The smallest absolute Gasteiger partial charge is 0.256 e. The van der Waals surface area contributed by atoms with E-state index in [4.69, 9.17) is 11.6 Å². The first-order valence-corrected chi connectivity index (χ1v) is 7.13. The summed E-state index contributed by atoms with van der Waals surface area (Å²) in [7, 11) is 0. The van der Waals surface area contributed by atoms with Gasteiger partial charge in [-0.1, -0.05) is 42.5 Å². The highest BCUT2D eigenvalue weighted by Gasteiger charge is 2.11. The lowest BCUT2D eigenvalue weighted by molar-refractivity contribution is 0.102. The van der Waals surface area contributed by atoms with Crippen LogP contribution in [0.2, 0.25) is 5.02 Å². The number of benzene rings is 2. The normalized spacial score (nSPS) is 10.4. The fourth-order valence-electron chi connectivity index (χ4n) is 2.25. The highest BCUT2D eigenvalue weighted by Crippen LogP contribution is 2.21. The maximum atomic E-state index is 12.4. The van der Waals surface area contributed by atoms with Crippen molar-refractivity contribution in [2.45, 2.75) is 0 Å². The molecule has 108 valence electrons. The van der Waals surface area contributed by atoms with E-state index in [2.05, 4.69) is 16.9 Å². The number of halogens is 1. The molecule has 1 heterocycles.